The number of quaternary nitrogens is 1. The molecule has 0 aromatic heterocycles. The van der Waals surface area contributed by atoms with Crippen LogP contribution in [0.1, 0.15) is 0 Å². The van der Waals surface area contributed by atoms with Gasteiger partial charge < -0.3 is 19.7 Å². The van der Waals surface area contributed by atoms with Crippen molar-refractivity contribution in [1.29, 1.82) is 0 Å². The summed E-state index contributed by atoms with van der Waals surface area (Å²) in [5.74, 6) is -3.39. The predicted octanol–water partition coefficient (Wildman–Crippen LogP) is 0.118. The van der Waals surface area contributed by atoms with E-state index < -0.39 is 18.1 Å². The predicted molar refractivity (Wildman–Crippen MR) is 70.7 cm³/mol. The lowest BCUT2D eigenvalue weighted by Crippen LogP contribution is -3.06. The van der Waals surface area contributed by atoms with Gasteiger partial charge in [-0.25, -0.2) is 4.79 Å². The number of hydrogen-bond donors (Lipinski definition) is 3. The number of likely N-dealkylation sites (N-methyl/N-ethyl adjacent to an activating group) is 1. The van der Waals surface area contributed by atoms with E-state index in [0.717, 1.165) is 4.90 Å². The maximum atomic E-state index is 13.3. The molecule has 1 aliphatic heterocycles. The van der Waals surface area contributed by atoms with Crippen LogP contribution in [0, 0.1) is 0 Å². The number of nitrogens with one attached hydrogen (secondary N) is 3. The first-order chi connectivity index (χ1) is 10.2. The summed E-state index contributed by atoms with van der Waals surface area (Å²) in [6.07, 6.45) is -4.95. The third kappa shape index (κ3) is 3.35. The fraction of sp³-hybridized carbons (Fsp3) is 0.462. The number of ether oxygens (including phenoxy) is 2. The van der Waals surface area contributed by atoms with E-state index >= 15 is 0 Å². The molecule has 1 aromatic rings. The molecule has 0 atom stereocenters. The zero-order valence-electron chi connectivity index (χ0n) is 12.1. The van der Waals surface area contributed by atoms with E-state index in [9.17, 15) is 18.0 Å². The molecule has 0 aliphatic carbocycles. The van der Waals surface area contributed by atoms with Crippen molar-refractivity contribution >= 4 is 6.03 Å². The Morgan fingerprint density at radius 1 is 1.23 bits per heavy atom. The van der Waals surface area contributed by atoms with Crippen LogP contribution in [0.5, 0.6) is 11.5 Å². The smallest absolute Gasteiger partial charge is 0.424 e. The summed E-state index contributed by atoms with van der Waals surface area (Å²) in [5, 5.41) is 4.06. The molecular formula is C13H17F3N3O3+. The number of benzene rings is 1. The number of carbonyl (C=O) groups excluding carboxylic acids is 1. The molecule has 0 radical (unpaired) electrons. The van der Waals surface area contributed by atoms with Gasteiger partial charge in [0.1, 0.15) is 0 Å². The first kappa shape index (κ1) is 16.2. The highest BCUT2D eigenvalue weighted by atomic mass is 19.4. The number of hydrogen-bond acceptors (Lipinski definition) is 3. The zero-order chi connectivity index (χ0) is 16.4. The minimum Gasteiger partial charge on any atom is -0.424 e. The Morgan fingerprint density at radius 2 is 1.77 bits per heavy atom. The van der Waals surface area contributed by atoms with Crippen LogP contribution in [0.15, 0.2) is 24.3 Å². The molecule has 0 spiro atoms. The molecule has 0 saturated heterocycles. The third-order valence-electron chi connectivity index (χ3n) is 2.92. The topological polar surface area (TPSA) is 64.0 Å². The molecule has 3 N–H and O–H groups in total. The zero-order valence-corrected chi connectivity index (χ0v) is 12.1. The number of alkyl halides is 3. The van der Waals surface area contributed by atoms with Crippen molar-refractivity contribution in [1.82, 2.24) is 10.6 Å². The van der Waals surface area contributed by atoms with Crippen LogP contribution < -0.4 is 25.0 Å². The molecule has 1 heterocycles. The van der Waals surface area contributed by atoms with Crippen LogP contribution in [-0.2, 0) is 0 Å². The van der Waals surface area contributed by atoms with Crippen LogP contribution in [0.4, 0.5) is 18.0 Å². The van der Waals surface area contributed by atoms with Gasteiger partial charge >= 0.3 is 18.1 Å². The molecule has 2 amide bonds. The van der Waals surface area contributed by atoms with Crippen molar-refractivity contribution in [3.05, 3.63) is 24.3 Å². The lowest BCUT2D eigenvalue weighted by atomic mass is 10.3. The molecule has 0 bridgehead atoms. The van der Waals surface area contributed by atoms with Crippen molar-refractivity contribution in [2.24, 2.45) is 0 Å². The van der Waals surface area contributed by atoms with Crippen LogP contribution in [0.3, 0.4) is 0 Å². The number of para-hydroxylation sites is 2. The van der Waals surface area contributed by atoms with E-state index in [1.54, 1.807) is 5.32 Å². The summed E-state index contributed by atoms with van der Waals surface area (Å²) in [6.45, 7) is 0.781. The summed E-state index contributed by atoms with van der Waals surface area (Å²) in [4.78, 5) is 12.7. The Balaban J connectivity index is 2.08. The Morgan fingerprint density at radius 3 is 2.23 bits per heavy atom. The molecule has 9 heteroatoms. The van der Waals surface area contributed by atoms with E-state index in [1.807, 2.05) is 14.1 Å². The molecule has 0 unspecified atom stereocenters. The van der Waals surface area contributed by atoms with Gasteiger partial charge in [-0.1, -0.05) is 12.1 Å². The van der Waals surface area contributed by atoms with Crippen molar-refractivity contribution in [3.63, 3.8) is 0 Å². The average molecular weight is 320 g/mol. The van der Waals surface area contributed by atoms with Gasteiger partial charge in [0, 0.05) is 0 Å². The van der Waals surface area contributed by atoms with Gasteiger partial charge in [-0.05, 0) is 12.1 Å². The molecule has 1 aliphatic rings. The summed E-state index contributed by atoms with van der Waals surface area (Å²) in [5.41, 5.74) is 0. The van der Waals surface area contributed by atoms with Crippen molar-refractivity contribution in [2.45, 2.75) is 12.1 Å². The number of carbonyl (C=O) groups is 1. The van der Waals surface area contributed by atoms with Crippen molar-refractivity contribution < 1.29 is 32.3 Å². The molecule has 0 saturated carbocycles. The molecule has 2 rings (SSSR count). The van der Waals surface area contributed by atoms with E-state index in [0.29, 0.717) is 6.54 Å². The Bertz CT molecular complexity index is 524. The van der Waals surface area contributed by atoms with Gasteiger partial charge in [0.15, 0.2) is 11.5 Å². The fourth-order valence-corrected chi connectivity index (χ4v) is 1.81. The van der Waals surface area contributed by atoms with Crippen LogP contribution >= 0.6 is 0 Å². The van der Waals surface area contributed by atoms with Crippen LogP contribution in [0.2, 0.25) is 0 Å². The highest BCUT2D eigenvalue weighted by Gasteiger charge is 2.65. The highest BCUT2D eigenvalue weighted by molar-refractivity contribution is 5.74. The number of halogens is 3. The lowest BCUT2D eigenvalue weighted by Gasteiger charge is -2.29. The summed E-state index contributed by atoms with van der Waals surface area (Å²) >= 11 is 0. The standard InChI is InChI=1S/C13H16F3N3O3/c1-19(2)8-7-17-11(20)18-13(12(14,15)16)21-9-5-3-4-6-10(9)22-13/h3-6H,7-8H2,1-2H3,(H2,17,18,20)/p+1. The second kappa shape index (κ2) is 5.91. The maximum absolute atomic E-state index is 13.3. The molecule has 0 fully saturated rings. The van der Waals surface area contributed by atoms with Crippen molar-refractivity contribution in [2.75, 3.05) is 27.2 Å². The normalized spacial score (nSPS) is 15.7. The highest BCUT2D eigenvalue weighted by Crippen LogP contribution is 2.44. The number of rotatable bonds is 4. The van der Waals surface area contributed by atoms with Gasteiger partial charge in [0.2, 0.25) is 0 Å². The Labute approximate surface area is 125 Å². The van der Waals surface area contributed by atoms with Crippen LogP contribution in [0.25, 0.3) is 0 Å². The summed E-state index contributed by atoms with van der Waals surface area (Å²) in [7, 11) is 3.72. The molecule has 1 aromatic carbocycles. The largest absolute Gasteiger partial charge is 0.492 e. The molecular weight excluding hydrogens is 303 g/mol. The molecule has 22 heavy (non-hydrogen) atoms. The van der Waals surface area contributed by atoms with E-state index in [-0.39, 0.29) is 18.0 Å². The fourth-order valence-electron chi connectivity index (χ4n) is 1.81. The number of fused-ring (bicyclic) bond motifs is 1. The minimum absolute atomic E-state index is 0.0853. The van der Waals surface area contributed by atoms with Gasteiger partial charge in [0.05, 0.1) is 27.2 Å². The molecule has 122 valence electrons. The minimum atomic E-state index is -4.95. The van der Waals surface area contributed by atoms with Gasteiger partial charge in [0.25, 0.3) is 0 Å². The average Bonchev–Trinajstić information content (AvgIpc) is 2.76. The number of urea groups is 1. The first-order valence-corrected chi connectivity index (χ1v) is 6.62. The molecule has 6 nitrogen and oxygen atoms in total. The Hall–Kier alpha value is -2.16. The van der Waals surface area contributed by atoms with E-state index in [4.69, 9.17) is 9.47 Å². The number of amides is 2. The van der Waals surface area contributed by atoms with Crippen LogP contribution in [-0.4, -0.2) is 45.3 Å². The second-order valence-corrected chi connectivity index (χ2v) is 5.10. The lowest BCUT2D eigenvalue weighted by molar-refractivity contribution is -0.856. The SMILES string of the molecule is C[NH+](C)CCNC(=O)NC1(C(F)(F)F)Oc2ccccc2O1. The van der Waals surface area contributed by atoms with Crippen molar-refractivity contribution in [3.8, 4) is 11.5 Å². The second-order valence-electron chi connectivity index (χ2n) is 5.10. The first-order valence-electron chi connectivity index (χ1n) is 6.62. The third-order valence-corrected chi connectivity index (χ3v) is 2.92. The monoisotopic (exact) mass is 320 g/mol. The Kier molecular flexibility index (Phi) is 4.36. The summed E-state index contributed by atoms with van der Waals surface area (Å²) < 4.78 is 49.6. The summed E-state index contributed by atoms with van der Waals surface area (Å²) in [6, 6.07) is 4.66. The van der Waals surface area contributed by atoms with E-state index in [1.165, 1.54) is 24.3 Å². The van der Waals surface area contributed by atoms with E-state index in [2.05, 4.69) is 5.32 Å². The van der Waals surface area contributed by atoms with Gasteiger partial charge in [-0.15, -0.1) is 0 Å². The quantitative estimate of drug-likeness (QED) is 0.738. The maximum Gasteiger partial charge on any atom is 0.492 e. The van der Waals surface area contributed by atoms with Gasteiger partial charge in [-0.3, -0.25) is 5.32 Å². The van der Waals surface area contributed by atoms with Gasteiger partial charge in [-0.2, -0.15) is 13.2 Å².